The maximum absolute atomic E-state index is 12.6. The van der Waals surface area contributed by atoms with Gasteiger partial charge in [0, 0.05) is 11.3 Å². The minimum absolute atomic E-state index is 0.0337. The fourth-order valence-electron chi connectivity index (χ4n) is 2.26. The largest absolute Gasteiger partial charge is 0.340 e. The Bertz CT molecular complexity index is 641. The summed E-state index contributed by atoms with van der Waals surface area (Å²) in [5, 5.41) is 5.71. The molecule has 0 fully saturated rings. The molecule has 0 aliphatic rings. The van der Waals surface area contributed by atoms with Crippen molar-refractivity contribution in [2.45, 2.75) is 26.3 Å². The molecule has 2 amide bonds. The average Bonchev–Trinajstić information content (AvgIpc) is 2.60. The highest BCUT2D eigenvalue weighted by atomic mass is 16.2. The van der Waals surface area contributed by atoms with Crippen molar-refractivity contribution in [2.75, 3.05) is 5.32 Å². The number of hydrogen-bond acceptors (Lipinski definition) is 2. The second-order valence-corrected chi connectivity index (χ2v) is 5.56. The van der Waals surface area contributed by atoms with Crippen LogP contribution in [-0.2, 0) is 4.79 Å². The molecule has 0 spiro atoms. The Balaban J connectivity index is 2.10. The molecular formula is C19H22N2O2. The van der Waals surface area contributed by atoms with Crippen molar-refractivity contribution in [2.24, 2.45) is 5.92 Å². The van der Waals surface area contributed by atoms with Crippen LogP contribution in [0.15, 0.2) is 60.7 Å². The second-order valence-electron chi connectivity index (χ2n) is 5.56. The van der Waals surface area contributed by atoms with Crippen LogP contribution in [-0.4, -0.2) is 17.9 Å². The number of para-hydroxylation sites is 1. The maximum Gasteiger partial charge on any atom is 0.251 e. The number of hydrogen-bond donors (Lipinski definition) is 2. The third-order valence-electron chi connectivity index (χ3n) is 3.86. The molecule has 0 saturated heterocycles. The highest BCUT2D eigenvalue weighted by molar-refractivity contribution is 6.01. The average molecular weight is 310 g/mol. The van der Waals surface area contributed by atoms with Gasteiger partial charge in [0.25, 0.3) is 5.91 Å². The minimum Gasteiger partial charge on any atom is -0.340 e. The Labute approximate surface area is 136 Å². The van der Waals surface area contributed by atoms with Crippen molar-refractivity contribution >= 4 is 17.5 Å². The molecule has 2 unspecified atom stereocenters. The number of rotatable bonds is 6. The molecule has 23 heavy (non-hydrogen) atoms. The first-order valence-corrected chi connectivity index (χ1v) is 7.83. The van der Waals surface area contributed by atoms with Gasteiger partial charge in [0.2, 0.25) is 5.91 Å². The molecule has 0 heterocycles. The summed E-state index contributed by atoms with van der Waals surface area (Å²) in [6.45, 7) is 3.96. The van der Waals surface area contributed by atoms with E-state index in [1.165, 1.54) is 0 Å². The molecule has 0 aromatic heterocycles. The van der Waals surface area contributed by atoms with Crippen LogP contribution in [0.2, 0.25) is 0 Å². The van der Waals surface area contributed by atoms with E-state index in [2.05, 4.69) is 10.6 Å². The molecule has 0 radical (unpaired) electrons. The number of benzene rings is 2. The zero-order chi connectivity index (χ0) is 16.7. The van der Waals surface area contributed by atoms with Crippen LogP contribution in [0.3, 0.4) is 0 Å². The first-order valence-electron chi connectivity index (χ1n) is 7.83. The molecule has 0 saturated carbocycles. The van der Waals surface area contributed by atoms with E-state index in [0.717, 1.165) is 12.1 Å². The van der Waals surface area contributed by atoms with Gasteiger partial charge >= 0.3 is 0 Å². The van der Waals surface area contributed by atoms with Crippen LogP contribution in [0.4, 0.5) is 5.69 Å². The molecule has 120 valence electrons. The summed E-state index contributed by atoms with van der Waals surface area (Å²) in [6.07, 6.45) is 0.794. The summed E-state index contributed by atoms with van der Waals surface area (Å²) < 4.78 is 0. The van der Waals surface area contributed by atoms with Crippen molar-refractivity contribution in [3.8, 4) is 0 Å². The summed E-state index contributed by atoms with van der Waals surface area (Å²) >= 11 is 0. The highest BCUT2D eigenvalue weighted by Gasteiger charge is 2.26. The number of carbonyl (C=O) groups excluding carboxylic acids is 2. The lowest BCUT2D eigenvalue weighted by molar-refractivity contribution is -0.119. The van der Waals surface area contributed by atoms with Crippen LogP contribution in [0, 0.1) is 5.92 Å². The molecule has 2 aromatic rings. The summed E-state index contributed by atoms with van der Waals surface area (Å²) in [6, 6.07) is 17.6. The van der Waals surface area contributed by atoms with Gasteiger partial charge in [-0.2, -0.15) is 0 Å². The Morgan fingerprint density at radius 2 is 1.52 bits per heavy atom. The fourth-order valence-corrected chi connectivity index (χ4v) is 2.26. The summed E-state index contributed by atoms with van der Waals surface area (Å²) in [5.74, 6) is -0.402. The molecule has 0 aliphatic heterocycles. The van der Waals surface area contributed by atoms with Gasteiger partial charge < -0.3 is 10.6 Å². The smallest absolute Gasteiger partial charge is 0.251 e. The number of carbonyl (C=O) groups is 2. The van der Waals surface area contributed by atoms with Crippen LogP contribution in [0.25, 0.3) is 0 Å². The molecule has 4 nitrogen and oxygen atoms in total. The summed E-state index contributed by atoms with van der Waals surface area (Å²) in [7, 11) is 0. The zero-order valence-electron chi connectivity index (χ0n) is 13.5. The second kappa shape index (κ2) is 8.13. The monoisotopic (exact) mass is 310 g/mol. The Kier molecular flexibility index (Phi) is 5.92. The number of nitrogens with one attached hydrogen (secondary N) is 2. The SMILES string of the molecule is CCC(C)C(NC(=O)c1ccccc1)C(=O)Nc1ccccc1. The van der Waals surface area contributed by atoms with Crippen LogP contribution in [0.1, 0.15) is 30.6 Å². The van der Waals surface area contributed by atoms with Gasteiger partial charge in [-0.15, -0.1) is 0 Å². The van der Waals surface area contributed by atoms with Gasteiger partial charge in [-0.05, 0) is 30.2 Å². The van der Waals surface area contributed by atoms with Crippen LogP contribution < -0.4 is 10.6 Å². The highest BCUT2D eigenvalue weighted by Crippen LogP contribution is 2.13. The van der Waals surface area contributed by atoms with Gasteiger partial charge in [-0.25, -0.2) is 0 Å². The van der Waals surface area contributed by atoms with Crippen molar-refractivity contribution < 1.29 is 9.59 Å². The predicted molar refractivity (Wildman–Crippen MR) is 92.2 cm³/mol. The van der Waals surface area contributed by atoms with E-state index < -0.39 is 6.04 Å². The minimum atomic E-state index is -0.576. The summed E-state index contributed by atoms with van der Waals surface area (Å²) in [4.78, 5) is 24.9. The van der Waals surface area contributed by atoms with Gasteiger partial charge in [0.1, 0.15) is 6.04 Å². The van der Waals surface area contributed by atoms with E-state index in [4.69, 9.17) is 0 Å². The Morgan fingerprint density at radius 3 is 2.09 bits per heavy atom. The van der Waals surface area contributed by atoms with Gasteiger partial charge in [-0.1, -0.05) is 56.7 Å². The van der Waals surface area contributed by atoms with E-state index in [9.17, 15) is 9.59 Å². The molecule has 4 heteroatoms. The van der Waals surface area contributed by atoms with E-state index in [1.807, 2.05) is 50.2 Å². The molecule has 0 aliphatic carbocycles. The quantitative estimate of drug-likeness (QED) is 0.858. The van der Waals surface area contributed by atoms with Crippen LogP contribution >= 0.6 is 0 Å². The third-order valence-corrected chi connectivity index (χ3v) is 3.86. The lowest BCUT2D eigenvalue weighted by atomic mass is 9.97. The Morgan fingerprint density at radius 1 is 0.957 bits per heavy atom. The van der Waals surface area contributed by atoms with Crippen molar-refractivity contribution in [3.05, 3.63) is 66.2 Å². The van der Waals surface area contributed by atoms with Crippen molar-refractivity contribution in [3.63, 3.8) is 0 Å². The number of amides is 2. The lowest BCUT2D eigenvalue weighted by Crippen LogP contribution is -2.47. The Hall–Kier alpha value is -2.62. The van der Waals surface area contributed by atoms with Crippen molar-refractivity contribution in [1.29, 1.82) is 0 Å². The maximum atomic E-state index is 12.6. The molecule has 2 aromatic carbocycles. The van der Waals surface area contributed by atoms with Gasteiger partial charge in [-0.3, -0.25) is 9.59 Å². The van der Waals surface area contributed by atoms with Crippen LogP contribution in [0.5, 0.6) is 0 Å². The molecule has 2 rings (SSSR count). The topological polar surface area (TPSA) is 58.2 Å². The third kappa shape index (κ3) is 4.68. The fraction of sp³-hybridized carbons (Fsp3) is 0.263. The zero-order valence-corrected chi connectivity index (χ0v) is 13.5. The molecule has 2 atom stereocenters. The lowest BCUT2D eigenvalue weighted by Gasteiger charge is -2.23. The van der Waals surface area contributed by atoms with E-state index >= 15 is 0 Å². The normalized spacial score (nSPS) is 13.0. The standard InChI is InChI=1S/C19H22N2O2/c1-3-14(2)17(19(23)20-16-12-8-5-9-13-16)21-18(22)15-10-6-4-7-11-15/h4-14,17H,3H2,1-2H3,(H,20,23)(H,21,22). The first kappa shape index (κ1) is 16.7. The molecule has 2 N–H and O–H groups in total. The number of anilines is 1. The van der Waals surface area contributed by atoms with Gasteiger partial charge in [0.15, 0.2) is 0 Å². The molecular weight excluding hydrogens is 288 g/mol. The van der Waals surface area contributed by atoms with E-state index in [1.54, 1.807) is 24.3 Å². The van der Waals surface area contributed by atoms with E-state index in [0.29, 0.717) is 5.56 Å². The van der Waals surface area contributed by atoms with Gasteiger partial charge in [0.05, 0.1) is 0 Å². The first-order chi connectivity index (χ1) is 11.1. The van der Waals surface area contributed by atoms with Crippen molar-refractivity contribution in [1.82, 2.24) is 5.32 Å². The molecule has 0 bridgehead atoms. The summed E-state index contributed by atoms with van der Waals surface area (Å²) in [5.41, 5.74) is 1.27. The van der Waals surface area contributed by atoms with E-state index in [-0.39, 0.29) is 17.7 Å². The predicted octanol–water partition coefficient (Wildman–Crippen LogP) is 3.47.